The zero-order valence-electron chi connectivity index (χ0n) is 19.1. The van der Waals surface area contributed by atoms with Crippen molar-refractivity contribution in [2.75, 3.05) is 0 Å². The first kappa shape index (κ1) is 26.3. The van der Waals surface area contributed by atoms with Crippen molar-refractivity contribution >= 4 is 5.97 Å². The lowest BCUT2D eigenvalue weighted by Crippen LogP contribution is -2.24. The summed E-state index contributed by atoms with van der Waals surface area (Å²) in [5.41, 5.74) is 1.22. The second-order valence-corrected chi connectivity index (χ2v) is 8.96. The minimum atomic E-state index is -0.491. The molecule has 178 valence electrons. The molecule has 3 N–H and O–H groups in total. The Balaban J connectivity index is 1.64. The average molecular weight is 445 g/mol. The van der Waals surface area contributed by atoms with Crippen LogP contribution in [0.5, 0.6) is 0 Å². The van der Waals surface area contributed by atoms with Gasteiger partial charge in [-0.25, -0.2) is 0 Å². The molecule has 0 heterocycles. The molecule has 0 radical (unpaired) electrons. The van der Waals surface area contributed by atoms with E-state index in [-0.39, 0.29) is 23.9 Å². The van der Waals surface area contributed by atoms with E-state index in [0.717, 1.165) is 44.9 Å². The molecule has 32 heavy (non-hydrogen) atoms. The molecule has 5 nitrogen and oxygen atoms in total. The van der Waals surface area contributed by atoms with E-state index in [9.17, 15) is 20.1 Å². The summed E-state index contributed by atoms with van der Waals surface area (Å²) in [6, 6.07) is 10.2. The Bertz CT molecular complexity index is 687. The first-order valence-corrected chi connectivity index (χ1v) is 12.1. The summed E-state index contributed by atoms with van der Waals surface area (Å²) >= 11 is 0. The van der Waals surface area contributed by atoms with E-state index in [4.69, 9.17) is 4.74 Å². The van der Waals surface area contributed by atoms with Crippen molar-refractivity contribution in [3.8, 4) is 0 Å². The van der Waals surface area contributed by atoms with Crippen molar-refractivity contribution < 1.29 is 24.9 Å². The van der Waals surface area contributed by atoms with E-state index in [1.54, 1.807) is 12.2 Å². The van der Waals surface area contributed by atoms with Crippen LogP contribution in [0.4, 0.5) is 0 Å². The number of unbranched alkanes of at least 4 members (excludes halogenated alkanes) is 3. The molecule has 0 aliphatic heterocycles. The van der Waals surface area contributed by atoms with E-state index >= 15 is 0 Å². The van der Waals surface area contributed by atoms with E-state index in [2.05, 4.69) is 18.7 Å². The maximum absolute atomic E-state index is 11.5. The molecule has 0 saturated heterocycles. The van der Waals surface area contributed by atoms with Gasteiger partial charge in [-0.1, -0.05) is 62.2 Å². The van der Waals surface area contributed by atoms with Crippen LogP contribution in [0.2, 0.25) is 0 Å². The smallest absolute Gasteiger partial charge is 0.310 e. The number of hydrogen-bond donors (Lipinski definition) is 3. The zero-order valence-corrected chi connectivity index (χ0v) is 19.1. The molecule has 0 aromatic heterocycles. The lowest BCUT2D eigenvalue weighted by molar-refractivity contribution is -0.138. The number of aliphatic hydroxyl groups is 3. The Morgan fingerprint density at radius 2 is 1.72 bits per heavy atom. The number of esters is 1. The first-order chi connectivity index (χ1) is 15.5. The van der Waals surface area contributed by atoms with Gasteiger partial charge in [0.15, 0.2) is 0 Å². The van der Waals surface area contributed by atoms with Crippen LogP contribution < -0.4 is 0 Å². The molecule has 2 rings (SSSR count). The topological polar surface area (TPSA) is 87.0 Å². The summed E-state index contributed by atoms with van der Waals surface area (Å²) in [7, 11) is 0. The van der Waals surface area contributed by atoms with Gasteiger partial charge in [0.2, 0.25) is 0 Å². The minimum absolute atomic E-state index is 0.0444. The van der Waals surface area contributed by atoms with Gasteiger partial charge < -0.3 is 20.1 Å². The van der Waals surface area contributed by atoms with Gasteiger partial charge in [0.05, 0.1) is 24.6 Å². The number of ether oxygens (including phenoxy) is 1. The second kappa shape index (κ2) is 15.0. The van der Waals surface area contributed by atoms with Crippen LogP contribution in [0.15, 0.2) is 55.3 Å². The van der Waals surface area contributed by atoms with Gasteiger partial charge in [-0.05, 0) is 68.4 Å². The fourth-order valence-corrected chi connectivity index (χ4v) is 4.72. The number of benzene rings is 1. The van der Waals surface area contributed by atoms with Gasteiger partial charge in [0.25, 0.3) is 0 Å². The van der Waals surface area contributed by atoms with Crippen molar-refractivity contribution in [1.82, 2.24) is 0 Å². The van der Waals surface area contributed by atoms with Crippen molar-refractivity contribution in [1.29, 1.82) is 0 Å². The van der Waals surface area contributed by atoms with Gasteiger partial charge in [-0.15, -0.1) is 0 Å². The summed E-state index contributed by atoms with van der Waals surface area (Å²) in [5, 5.41) is 31.3. The minimum Gasteiger partial charge on any atom is -0.434 e. The highest BCUT2D eigenvalue weighted by Crippen LogP contribution is 2.39. The molecule has 1 fully saturated rings. The zero-order chi connectivity index (χ0) is 23.2. The van der Waals surface area contributed by atoms with Gasteiger partial charge in [-0.3, -0.25) is 4.79 Å². The monoisotopic (exact) mass is 444 g/mol. The predicted octanol–water partition coefficient (Wildman–Crippen LogP) is 4.70. The van der Waals surface area contributed by atoms with Gasteiger partial charge in [0.1, 0.15) is 0 Å². The standard InChI is InChI=1S/C27H40O5/c1-2-3-19-32-27(31)14-10-5-4-9-13-23-24(26(30)20-25(23)29)18-17-22(28)16-15-21-11-7-6-8-12-21/h2-3,6-8,11-12,19,22-26,28-30H,1,4-5,9-10,13-18,20H2/b19-3+/t22-,23+,24+,25-,26+/m0/s1. The number of hydrogen-bond acceptors (Lipinski definition) is 5. The molecular weight excluding hydrogens is 404 g/mol. The molecule has 1 aliphatic carbocycles. The largest absolute Gasteiger partial charge is 0.434 e. The molecule has 0 amide bonds. The molecular formula is C27H40O5. The van der Waals surface area contributed by atoms with Crippen LogP contribution in [0.25, 0.3) is 0 Å². The number of aliphatic hydroxyl groups excluding tert-OH is 3. The highest BCUT2D eigenvalue weighted by Gasteiger charge is 2.40. The average Bonchev–Trinajstić information content (AvgIpc) is 3.06. The van der Waals surface area contributed by atoms with Gasteiger partial charge in [-0.2, -0.15) is 0 Å². The van der Waals surface area contributed by atoms with Crippen molar-refractivity contribution in [3.05, 3.63) is 60.9 Å². The number of aryl methyl sites for hydroxylation is 1. The van der Waals surface area contributed by atoms with Crippen LogP contribution in [0.3, 0.4) is 0 Å². The SMILES string of the molecule is C=C/C=C/OC(=O)CCCCCC[C@@H]1[C@@H](CC[C@@H](O)CCc2ccccc2)[C@H](O)C[C@@H]1O. The van der Waals surface area contributed by atoms with Gasteiger partial charge in [0, 0.05) is 6.42 Å². The fraction of sp³-hybridized carbons (Fsp3) is 0.593. The van der Waals surface area contributed by atoms with Crippen molar-refractivity contribution in [2.45, 2.75) is 88.9 Å². The van der Waals surface area contributed by atoms with Crippen LogP contribution in [-0.2, 0) is 16.0 Å². The maximum atomic E-state index is 11.5. The highest BCUT2D eigenvalue weighted by atomic mass is 16.5. The molecule has 1 saturated carbocycles. The molecule has 1 aromatic rings. The lowest BCUT2D eigenvalue weighted by atomic mass is 9.84. The fourth-order valence-electron chi connectivity index (χ4n) is 4.72. The van der Waals surface area contributed by atoms with Crippen molar-refractivity contribution in [3.63, 3.8) is 0 Å². The molecule has 0 unspecified atom stereocenters. The molecule has 5 heteroatoms. The molecule has 1 aliphatic rings. The van der Waals surface area contributed by atoms with Crippen LogP contribution in [-0.4, -0.2) is 39.6 Å². The number of allylic oxidation sites excluding steroid dienone is 2. The molecule has 0 bridgehead atoms. The quantitative estimate of drug-likeness (QED) is 0.158. The van der Waals surface area contributed by atoms with E-state index in [0.29, 0.717) is 25.7 Å². The van der Waals surface area contributed by atoms with Crippen LogP contribution >= 0.6 is 0 Å². The van der Waals surface area contributed by atoms with Crippen LogP contribution in [0, 0.1) is 11.8 Å². The third kappa shape index (κ3) is 9.68. The number of carbonyl (C=O) groups excluding carboxylic acids is 1. The summed E-state index contributed by atoms with van der Waals surface area (Å²) in [5.74, 6) is -0.105. The predicted molar refractivity (Wildman–Crippen MR) is 127 cm³/mol. The van der Waals surface area contributed by atoms with Crippen molar-refractivity contribution in [2.24, 2.45) is 11.8 Å². The first-order valence-electron chi connectivity index (χ1n) is 12.1. The Morgan fingerprint density at radius 1 is 1.03 bits per heavy atom. The lowest BCUT2D eigenvalue weighted by Gasteiger charge is -2.24. The third-order valence-corrected chi connectivity index (χ3v) is 6.55. The summed E-state index contributed by atoms with van der Waals surface area (Å²) in [6.45, 7) is 3.52. The van der Waals surface area contributed by atoms with Crippen LogP contribution in [0.1, 0.15) is 69.8 Å². The maximum Gasteiger partial charge on any atom is 0.310 e. The van der Waals surface area contributed by atoms with E-state index < -0.39 is 12.2 Å². The number of carbonyl (C=O) groups is 1. The van der Waals surface area contributed by atoms with E-state index in [1.807, 2.05) is 18.2 Å². The van der Waals surface area contributed by atoms with Gasteiger partial charge >= 0.3 is 5.97 Å². The Hall–Kier alpha value is -1.95. The van der Waals surface area contributed by atoms with E-state index in [1.165, 1.54) is 11.8 Å². The second-order valence-electron chi connectivity index (χ2n) is 8.96. The summed E-state index contributed by atoms with van der Waals surface area (Å²) in [6.07, 6.45) is 11.5. The summed E-state index contributed by atoms with van der Waals surface area (Å²) in [4.78, 5) is 11.5. The normalized spacial score (nSPS) is 24.0. The third-order valence-electron chi connectivity index (χ3n) is 6.55. The summed E-state index contributed by atoms with van der Waals surface area (Å²) < 4.78 is 4.93. The molecule has 0 spiro atoms. The Labute approximate surface area is 192 Å². The highest BCUT2D eigenvalue weighted by molar-refractivity contribution is 5.69. The number of rotatable bonds is 15. The Morgan fingerprint density at radius 3 is 2.44 bits per heavy atom. The molecule has 5 atom stereocenters. The Kier molecular flexibility index (Phi) is 12.3. The molecule has 1 aromatic carbocycles.